The molecule has 29 heavy (non-hydrogen) atoms. The smallest absolute Gasteiger partial charge is 0.335 e. The molecular weight excluding hydrogens is 356 g/mol. The zero-order chi connectivity index (χ0) is 22.0. The average Bonchev–Trinajstić information content (AvgIpc) is 2.59. The number of hydrogen-bond acceptors (Lipinski definition) is 1. The van der Waals surface area contributed by atoms with Crippen molar-refractivity contribution in [1.82, 2.24) is 0 Å². The highest BCUT2D eigenvalue weighted by Crippen LogP contribution is 2.53. The van der Waals surface area contributed by atoms with Gasteiger partial charge in [-0.15, -0.1) is 0 Å². The summed E-state index contributed by atoms with van der Waals surface area (Å²) in [6.07, 6.45) is 9.38. The molecule has 0 radical (unpaired) electrons. The first-order valence-corrected chi connectivity index (χ1v) is 11.0. The maximum Gasteiger partial charge on any atom is 0.335 e. The fourth-order valence-electron chi connectivity index (χ4n) is 4.79. The van der Waals surface area contributed by atoms with Crippen LogP contribution in [0.15, 0.2) is 42.5 Å². The van der Waals surface area contributed by atoms with Gasteiger partial charge in [0.15, 0.2) is 0 Å². The van der Waals surface area contributed by atoms with Gasteiger partial charge in [0.2, 0.25) is 0 Å². The van der Waals surface area contributed by atoms with Crippen molar-refractivity contribution in [3.05, 3.63) is 53.6 Å². The van der Waals surface area contributed by atoms with Crippen LogP contribution in [-0.2, 0) is 0 Å². The minimum absolute atomic E-state index is 0.321. The molecule has 2 nitrogen and oxygen atoms in total. The Hall–Kier alpha value is -1.83. The molecule has 4 unspecified atom stereocenters. The van der Waals surface area contributed by atoms with Gasteiger partial charge < -0.3 is 5.11 Å². The summed E-state index contributed by atoms with van der Waals surface area (Å²) in [5.74, 6) is 1.97. The molecule has 1 saturated carbocycles. The largest absolute Gasteiger partial charge is 0.478 e. The third-order valence-electron chi connectivity index (χ3n) is 6.52. The summed E-state index contributed by atoms with van der Waals surface area (Å²) in [7, 11) is 0. The van der Waals surface area contributed by atoms with Crippen molar-refractivity contribution in [2.45, 2.75) is 68.2 Å². The second-order valence-corrected chi connectivity index (χ2v) is 11.3. The molecule has 0 saturated heterocycles. The van der Waals surface area contributed by atoms with Crippen molar-refractivity contribution in [2.75, 3.05) is 0 Å². The van der Waals surface area contributed by atoms with Crippen LogP contribution in [0.4, 0.5) is 0 Å². The van der Waals surface area contributed by atoms with Crippen LogP contribution in [0, 0.1) is 34.5 Å². The van der Waals surface area contributed by atoms with Gasteiger partial charge in [0, 0.05) is 0 Å². The molecule has 1 aromatic rings. The molecule has 2 heteroatoms. The van der Waals surface area contributed by atoms with Gasteiger partial charge in [0.25, 0.3) is 0 Å². The lowest BCUT2D eigenvalue weighted by molar-refractivity contribution is -0.00801. The van der Waals surface area contributed by atoms with Crippen LogP contribution in [0.3, 0.4) is 0 Å². The Balaban J connectivity index is 2.13. The monoisotopic (exact) mass is 396 g/mol. The first-order chi connectivity index (χ1) is 13.3. The van der Waals surface area contributed by atoms with E-state index in [1.807, 2.05) is 12.1 Å². The van der Waals surface area contributed by atoms with Gasteiger partial charge in [-0.1, -0.05) is 78.8 Å². The predicted octanol–water partition coefficient (Wildman–Crippen LogP) is 7.72. The zero-order valence-corrected chi connectivity index (χ0v) is 19.6. The van der Waals surface area contributed by atoms with Gasteiger partial charge in [-0.05, 0) is 77.5 Å². The molecule has 1 N–H and O–H groups in total. The van der Waals surface area contributed by atoms with Crippen molar-refractivity contribution < 1.29 is 9.90 Å². The standard InChI is InChI=1S/C27H40O2/c1-18(20-12-14-21(15-13-20)25(28)29)10-9-11-22-19(2)16-23(22)24(27(6,7)8)17-26(3,4)5/h9-15,19,22-24H,16-17H2,1-8H3,(H,28,29)/b11-9-,18-10+. The molecule has 0 heterocycles. The first-order valence-electron chi connectivity index (χ1n) is 11.0. The number of carbonyl (C=O) groups is 1. The Morgan fingerprint density at radius 1 is 1.10 bits per heavy atom. The maximum absolute atomic E-state index is 11.0. The summed E-state index contributed by atoms with van der Waals surface area (Å²) in [4.78, 5) is 11.0. The van der Waals surface area contributed by atoms with E-state index in [0.717, 1.165) is 28.9 Å². The van der Waals surface area contributed by atoms with E-state index >= 15 is 0 Å². The minimum Gasteiger partial charge on any atom is -0.478 e. The lowest BCUT2D eigenvalue weighted by Crippen LogP contribution is -2.44. The fraction of sp³-hybridized carbons (Fsp3) is 0.593. The summed E-state index contributed by atoms with van der Waals surface area (Å²) in [6, 6.07) is 7.11. The molecule has 4 atom stereocenters. The molecule has 1 fully saturated rings. The van der Waals surface area contributed by atoms with E-state index < -0.39 is 5.97 Å². The van der Waals surface area contributed by atoms with Crippen LogP contribution in [0.1, 0.15) is 84.2 Å². The lowest BCUT2D eigenvalue weighted by atomic mass is 9.53. The van der Waals surface area contributed by atoms with E-state index in [-0.39, 0.29) is 0 Å². The molecule has 0 bridgehead atoms. The van der Waals surface area contributed by atoms with Crippen LogP contribution >= 0.6 is 0 Å². The predicted molar refractivity (Wildman–Crippen MR) is 124 cm³/mol. The number of allylic oxidation sites excluding steroid dienone is 4. The van der Waals surface area contributed by atoms with Crippen LogP contribution < -0.4 is 0 Å². The van der Waals surface area contributed by atoms with E-state index in [2.05, 4.69) is 73.6 Å². The molecule has 0 aromatic heterocycles. The van der Waals surface area contributed by atoms with Crippen molar-refractivity contribution in [3.8, 4) is 0 Å². The second-order valence-electron chi connectivity index (χ2n) is 11.3. The third-order valence-corrected chi connectivity index (χ3v) is 6.52. The van der Waals surface area contributed by atoms with E-state index in [4.69, 9.17) is 5.11 Å². The zero-order valence-electron chi connectivity index (χ0n) is 19.6. The Morgan fingerprint density at radius 3 is 2.10 bits per heavy atom. The topological polar surface area (TPSA) is 37.3 Å². The summed E-state index contributed by atoms with van der Waals surface area (Å²) in [6.45, 7) is 18.7. The molecule has 0 spiro atoms. The van der Waals surface area contributed by atoms with E-state index in [9.17, 15) is 4.79 Å². The molecule has 1 aromatic carbocycles. The number of hydrogen-bond donors (Lipinski definition) is 1. The van der Waals surface area contributed by atoms with Crippen LogP contribution in [-0.4, -0.2) is 11.1 Å². The van der Waals surface area contributed by atoms with Crippen molar-refractivity contribution >= 4 is 11.5 Å². The highest BCUT2D eigenvalue weighted by atomic mass is 16.4. The molecule has 0 amide bonds. The Bertz CT molecular complexity index is 753. The molecule has 1 aliphatic carbocycles. The number of carboxylic acid groups (broad SMARTS) is 1. The van der Waals surface area contributed by atoms with E-state index in [0.29, 0.717) is 22.3 Å². The SMILES string of the molecule is C/C(=C\C=C/C1C(C)CC1C(CC(C)(C)C)C(C)(C)C)c1ccc(C(=O)O)cc1. The lowest BCUT2D eigenvalue weighted by Gasteiger charge is -2.52. The van der Waals surface area contributed by atoms with E-state index in [1.54, 1.807) is 12.1 Å². The average molecular weight is 397 g/mol. The van der Waals surface area contributed by atoms with Crippen molar-refractivity contribution in [1.29, 1.82) is 0 Å². The number of carboxylic acids is 1. The Morgan fingerprint density at radius 2 is 1.66 bits per heavy atom. The minimum atomic E-state index is -0.883. The third kappa shape index (κ3) is 6.32. The van der Waals surface area contributed by atoms with Gasteiger partial charge in [-0.25, -0.2) is 4.79 Å². The van der Waals surface area contributed by atoms with Gasteiger partial charge in [-0.2, -0.15) is 0 Å². The summed E-state index contributed by atoms with van der Waals surface area (Å²) in [5.41, 5.74) is 3.23. The van der Waals surface area contributed by atoms with E-state index in [1.165, 1.54) is 12.8 Å². The summed E-state index contributed by atoms with van der Waals surface area (Å²) in [5, 5.41) is 9.05. The quantitative estimate of drug-likeness (QED) is 0.500. The van der Waals surface area contributed by atoms with Crippen LogP contribution in [0.2, 0.25) is 0 Å². The van der Waals surface area contributed by atoms with Gasteiger partial charge in [-0.3, -0.25) is 0 Å². The molecule has 1 aliphatic rings. The fourth-order valence-corrected chi connectivity index (χ4v) is 4.79. The highest BCUT2D eigenvalue weighted by molar-refractivity contribution is 5.88. The van der Waals surface area contributed by atoms with Crippen molar-refractivity contribution in [3.63, 3.8) is 0 Å². The normalized spacial score (nSPS) is 24.4. The Labute approximate surface area is 178 Å². The van der Waals surface area contributed by atoms with Crippen LogP contribution in [0.5, 0.6) is 0 Å². The highest BCUT2D eigenvalue weighted by Gasteiger charge is 2.45. The number of rotatable bonds is 6. The molecule has 2 rings (SSSR count). The number of aromatic carboxylic acids is 1. The van der Waals surface area contributed by atoms with Gasteiger partial charge in [0.05, 0.1) is 5.56 Å². The first kappa shape index (κ1) is 23.4. The number of benzene rings is 1. The summed E-state index contributed by atoms with van der Waals surface area (Å²) >= 11 is 0. The second kappa shape index (κ2) is 8.90. The maximum atomic E-state index is 11.0. The van der Waals surface area contributed by atoms with Gasteiger partial charge >= 0.3 is 5.97 Å². The molecule has 160 valence electrons. The van der Waals surface area contributed by atoms with Crippen LogP contribution in [0.25, 0.3) is 5.57 Å². The van der Waals surface area contributed by atoms with Crippen molar-refractivity contribution in [2.24, 2.45) is 34.5 Å². The Kier molecular flexibility index (Phi) is 7.19. The summed E-state index contributed by atoms with van der Waals surface area (Å²) < 4.78 is 0. The molecule has 0 aliphatic heterocycles. The van der Waals surface area contributed by atoms with Gasteiger partial charge in [0.1, 0.15) is 0 Å². The molecular formula is C27H40O2.